The van der Waals surface area contributed by atoms with Crippen LogP contribution in [0.25, 0.3) is 0 Å². The second-order valence-corrected chi connectivity index (χ2v) is 6.19. The molecule has 1 aromatic rings. The first-order chi connectivity index (χ1) is 10.6. The van der Waals surface area contributed by atoms with E-state index < -0.39 is 0 Å². The van der Waals surface area contributed by atoms with Gasteiger partial charge in [0.25, 0.3) is 0 Å². The van der Waals surface area contributed by atoms with Crippen LogP contribution in [0.1, 0.15) is 51.6 Å². The smallest absolute Gasteiger partial charge is 0.234 e. The van der Waals surface area contributed by atoms with E-state index >= 15 is 0 Å². The normalized spacial score (nSPS) is 23.3. The number of hydrogen-bond donors (Lipinski definition) is 1. The first-order valence-corrected chi connectivity index (χ1v) is 8.24. The number of carbonyl (C=O) groups excluding carboxylic acids is 1. The molecule has 3 unspecified atom stereocenters. The molecule has 1 fully saturated rings. The second kappa shape index (κ2) is 7.63. The van der Waals surface area contributed by atoms with E-state index in [9.17, 15) is 4.79 Å². The lowest BCUT2D eigenvalue weighted by atomic mass is 10.1. The van der Waals surface area contributed by atoms with Gasteiger partial charge < -0.3 is 10.1 Å². The topological polar surface area (TPSA) is 41.6 Å². The fourth-order valence-electron chi connectivity index (χ4n) is 3.40. The molecule has 1 saturated heterocycles. The molecular weight excluding hydrogens is 276 g/mol. The first kappa shape index (κ1) is 16.8. The molecule has 0 saturated carbocycles. The van der Waals surface area contributed by atoms with Gasteiger partial charge in [0, 0.05) is 17.6 Å². The van der Waals surface area contributed by atoms with E-state index in [1.54, 1.807) is 7.11 Å². The van der Waals surface area contributed by atoms with Crippen LogP contribution in [-0.2, 0) is 4.79 Å². The third-order valence-electron chi connectivity index (χ3n) is 4.73. The van der Waals surface area contributed by atoms with Crippen molar-refractivity contribution in [1.82, 2.24) is 10.2 Å². The first-order valence-electron chi connectivity index (χ1n) is 8.24. The molecule has 22 heavy (non-hydrogen) atoms. The summed E-state index contributed by atoms with van der Waals surface area (Å²) in [6, 6.07) is 8.82. The zero-order chi connectivity index (χ0) is 16.1. The van der Waals surface area contributed by atoms with Crippen LogP contribution in [0.5, 0.6) is 5.75 Å². The van der Waals surface area contributed by atoms with E-state index in [-0.39, 0.29) is 11.9 Å². The van der Waals surface area contributed by atoms with Crippen LogP contribution in [0.3, 0.4) is 0 Å². The van der Waals surface area contributed by atoms with Gasteiger partial charge >= 0.3 is 0 Å². The number of hydrogen-bond acceptors (Lipinski definition) is 3. The number of rotatable bonds is 6. The molecule has 0 aliphatic carbocycles. The maximum atomic E-state index is 12.4. The SMILES string of the molecule is CCC1CCC(C)N1CC(=O)NC(C)c1ccccc1OC. The molecule has 4 heteroatoms. The van der Waals surface area contributed by atoms with Crippen molar-refractivity contribution >= 4 is 5.91 Å². The minimum atomic E-state index is -0.0540. The van der Waals surface area contributed by atoms with E-state index in [4.69, 9.17) is 4.74 Å². The summed E-state index contributed by atoms with van der Waals surface area (Å²) in [6.45, 7) is 6.90. The molecule has 2 rings (SSSR count). The van der Waals surface area contributed by atoms with Gasteiger partial charge in [-0.25, -0.2) is 0 Å². The van der Waals surface area contributed by atoms with Crippen molar-refractivity contribution in [2.75, 3.05) is 13.7 Å². The Balaban J connectivity index is 1.96. The average molecular weight is 304 g/mol. The van der Waals surface area contributed by atoms with Crippen molar-refractivity contribution < 1.29 is 9.53 Å². The van der Waals surface area contributed by atoms with Gasteiger partial charge in [-0.3, -0.25) is 9.69 Å². The van der Waals surface area contributed by atoms with Crippen molar-refractivity contribution in [3.05, 3.63) is 29.8 Å². The van der Waals surface area contributed by atoms with Crippen molar-refractivity contribution in [3.63, 3.8) is 0 Å². The number of nitrogens with one attached hydrogen (secondary N) is 1. The summed E-state index contributed by atoms with van der Waals surface area (Å²) in [6.07, 6.45) is 3.50. The minimum Gasteiger partial charge on any atom is -0.496 e. The molecule has 1 aromatic carbocycles. The number of para-hydroxylation sites is 1. The molecule has 0 spiro atoms. The van der Waals surface area contributed by atoms with Gasteiger partial charge in [0.2, 0.25) is 5.91 Å². The Morgan fingerprint density at radius 1 is 1.41 bits per heavy atom. The van der Waals surface area contributed by atoms with Gasteiger partial charge in [-0.1, -0.05) is 25.1 Å². The Hall–Kier alpha value is -1.55. The Morgan fingerprint density at radius 2 is 2.14 bits per heavy atom. The number of benzene rings is 1. The summed E-state index contributed by atoms with van der Waals surface area (Å²) in [5, 5.41) is 3.10. The highest BCUT2D eigenvalue weighted by atomic mass is 16.5. The molecule has 122 valence electrons. The van der Waals surface area contributed by atoms with Gasteiger partial charge in [0.1, 0.15) is 5.75 Å². The van der Waals surface area contributed by atoms with Crippen LogP contribution in [0, 0.1) is 0 Å². The highest BCUT2D eigenvalue weighted by Gasteiger charge is 2.30. The molecule has 0 radical (unpaired) electrons. The molecule has 4 nitrogen and oxygen atoms in total. The summed E-state index contributed by atoms with van der Waals surface area (Å²) in [4.78, 5) is 14.7. The molecule has 0 aromatic heterocycles. The van der Waals surface area contributed by atoms with E-state index in [0.29, 0.717) is 18.6 Å². The summed E-state index contributed by atoms with van der Waals surface area (Å²) in [7, 11) is 1.66. The van der Waals surface area contributed by atoms with Crippen LogP contribution >= 0.6 is 0 Å². The van der Waals surface area contributed by atoms with Crippen LogP contribution in [0.2, 0.25) is 0 Å². The van der Waals surface area contributed by atoms with Crippen LogP contribution in [0.4, 0.5) is 0 Å². The van der Waals surface area contributed by atoms with E-state index in [0.717, 1.165) is 17.7 Å². The number of likely N-dealkylation sites (tertiary alicyclic amines) is 1. The number of ether oxygens (including phenoxy) is 1. The minimum absolute atomic E-state index is 0.0540. The molecule has 1 heterocycles. The molecule has 1 N–H and O–H groups in total. The van der Waals surface area contributed by atoms with Gasteiger partial charge in [-0.2, -0.15) is 0 Å². The van der Waals surface area contributed by atoms with Gasteiger partial charge in [0.15, 0.2) is 0 Å². The van der Waals surface area contributed by atoms with E-state index in [2.05, 4.69) is 24.1 Å². The molecule has 0 bridgehead atoms. The fraction of sp³-hybridized carbons (Fsp3) is 0.611. The number of nitrogens with zero attached hydrogens (tertiary/aromatic N) is 1. The molecule has 1 aliphatic heterocycles. The Labute approximate surface area is 133 Å². The fourth-order valence-corrected chi connectivity index (χ4v) is 3.40. The highest BCUT2D eigenvalue weighted by Crippen LogP contribution is 2.26. The number of carbonyl (C=O) groups is 1. The maximum Gasteiger partial charge on any atom is 0.234 e. The van der Waals surface area contributed by atoms with Crippen molar-refractivity contribution in [1.29, 1.82) is 0 Å². The van der Waals surface area contributed by atoms with Crippen molar-refractivity contribution in [2.45, 2.75) is 58.2 Å². The maximum absolute atomic E-state index is 12.4. The molecule has 3 atom stereocenters. The van der Waals surface area contributed by atoms with Crippen molar-refractivity contribution in [3.8, 4) is 5.75 Å². The van der Waals surface area contributed by atoms with Gasteiger partial charge in [-0.05, 0) is 39.2 Å². The lowest BCUT2D eigenvalue weighted by molar-refractivity contribution is -0.123. The van der Waals surface area contributed by atoms with Gasteiger partial charge in [0.05, 0.1) is 19.7 Å². The Kier molecular flexibility index (Phi) is 5.83. The van der Waals surface area contributed by atoms with Crippen LogP contribution < -0.4 is 10.1 Å². The predicted molar refractivity (Wildman–Crippen MR) is 89.0 cm³/mol. The van der Waals surface area contributed by atoms with Crippen LogP contribution in [0.15, 0.2) is 24.3 Å². The summed E-state index contributed by atoms with van der Waals surface area (Å²) in [5.74, 6) is 0.905. The predicted octanol–water partition coefficient (Wildman–Crippen LogP) is 3.14. The van der Waals surface area contributed by atoms with E-state index in [1.165, 1.54) is 12.8 Å². The van der Waals surface area contributed by atoms with Crippen molar-refractivity contribution in [2.24, 2.45) is 0 Å². The second-order valence-electron chi connectivity index (χ2n) is 6.19. The molecule has 1 aliphatic rings. The monoisotopic (exact) mass is 304 g/mol. The third kappa shape index (κ3) is 3.80. The Morgan fingerprint density at radius 3 is 2.82 bits per heavy atom. The number of amides is 1. The lowest BCUT2D eigenvalue weighted by Gasteiger charge is -2.27. The summed E-state index contributed by atoms with van der Waals surface area (Å²) in [5.41, 5.74) is 1.01. The lowest BCUT2D eigenvalue weighted by Crippen LogP contribution is -2.43. The van der Waals surface area contributed by atoms with Crippen LogP contribution in [-0.4, -0.2) is 36.5 Å². The highest BCUT2D eigenvalue weighted by molar-refractivity contribution is 5.78. The quantitative estimate of drug-likeness (QED) is 0.878. The molecular formula is C18H28N2O2. The van der Waals surface area contributed by atoms with Gasteiger partial charge in [-0.15, -0.1) is 0 Å². The largest absolute Gasteiger partial charge is 0.496 e. The number of methoxy groups -OCH3 is 1. The van der Waals surface area contributed by atoms with E-state index in [1.807, 2.05) is 31.2 Å². The summed E-state index contributed by atoms with van der Waals surface area (Å²) >= 11 is 0. The average Bonchev–Trinajstić information content (AvgIpc) is 2.87. The summed E-state index contributed by atoms with van der Waals surface area (Å²) < 4.78 is 5.37. The third-order valence-corrected chi connectivity index (χ3v) is 4.73. The zero-order valence-corrected chi connectivity index (χ0v) is 14.1. The zero-order valence-electron chi connectivity index (χ0n) is 14.1. The molecule has 1 amide bonds. The standard InChI is InChI=1S/C18H28N2O2/c1-5-15-11-10-13(2)20(15)12-18(21)19-14(3)16-8-6-7-9-17(16)22-4/h6-9,13-15H,5,10-12H2,1-4H3,(H,19,21). The Bertz CT molecular complexity index is 504.